The molecule has 0 amide bonds. The highest BCUT2D eigenvalue weighted by Crippen LogP contribution is 2.23. The van der Waals surface area contributed by atoms with Gasteiger partial charge in [0.15, 0.2) is 0 Å². The summed E-state index contributed by atoms with van der Waals surface area (Å²) in [4.78, 5) is 3.85. The summed E-state index contributed by atoms with van der Waals surface area (Å²) in [7, 11) is 0. The van der Waals surface area contributed by atoms with Gasteiger partial charge in [0, 0.05) is 40.4 Å². The van der Waals surface area contributed by atoms with Crippen LogP contribution >= 0.6 is 39.7 Å². The zero-order valence-corrected chi connectivity index (χ0v) is 11.9. The Labute approximate surface area is 109 Å². The maximum Gasteiger partial charge on any atom is 0.0329 e. The molecule has 0 spiro atoms. The van der Waals surface area contributed by atoms with Crippen molar-refractivity contribution in [2.24, 2.45) is 11.7 Å². The van der Waals surface area contributed by atoms with E-state index in [1.54, 1.807) is 0 Å². The first kappa shape index (κ1) is 13.5. The third-order valence-corrected chi connectivity index (χ3v) is 4.43. The molecule has 0 aromatic carbocycles. The monoisotopic (exact) mass is 310 g/mol. The van der Waals surface area contributed by atoms with Crippen LogP contribution in [0.1, 0.15) is 11.8 Å². The number of nitrogens with two attached hydrogens (primary N) is 1. The maximum absolute atomic E-state index is 5.98. The first-order valence-electron chi connectivity index (χ1n) is 4.86. The zero-order valence-electron chi connectivity index (χ0n) is 8.65. The average molecular weight is 312 g/mol. The molecule has 2 heterocycles. The zero-order chi connectivity index (χ0) is 10.1. The van der Waals surface area contributed by atoms with Crippen molar-refractivity contribution in [2.75, 3.05) is 13.1 Å². The summed E-state index contributed by atoms with van der Waals surface area (Å²) >= 11 is 5.28. The standard InChI is InChI=1S/C10H15BrN2S.ClH/c1-7-3-13(5-10(7)12)4-9-2-8(11)6-14-9;/h2,6-7,10H,3-5,12H2,1H3;1H. The number of rotatable bonds is 2. The molecule has 1 fully saturated rings. The summed E-state index contributed by atoms with van der Waals surface area (Å²) in [6, 6.07) is 2.55. The van der Waals surface area contributed by atoms with Crippen molar-refractivity contribution in [3.63, 3.8) is 0 Å². The van der Waals surface area contributed by atoms with E-state index in [-0.39, 0.29) is 12.4 Å². The molecule has 0 radical (unpaired) electrons. The molecule has 0 aliphatic carbocycles. The van der Waals surface area contributed by atoms with Crippen molar-refractivity contribution < 1.29 is 0 Å². The third-order valence-electron chi connectivity index (χ3n) is 2.75. The molecule has 86 valence electrons. The number of likely N-dealkylation sites (tertiary alicyclic amines) is 1. The summed E-state index contributed by atoms with van der Waals surface area (Å²) in [5, 5.41) is 2.13. The first-order chi connectivity index (χ1) is 6.65. The lowest BCUT2D eigenvalue weighted by Gasteiger charge is -2.13. The topological polar surface area (TPSA) is 29.3 Å². The summed E-state index contributed by atoms with van der Waals surface area (Å²) in [5.41, 5.74) is 5.98. The van der Waals surface area contributed by atoms with E-state index in [0.717, 1.165) is 19.6 Å². The number of halogens is 2. The van der Waals surface area contributed by atoms with E-state index in [0.29, 0.717) is 12.0 Å². The Kier molecular flexibility index (Phi) is 5.06. The molecule has 1 saturated heterocycles. The van der Waals surface area contributed by atoms with Gasteiger partial charge in [-0.05, 0) is 27.9 Å². The average Bonchev–Trinajstić information content (AvgIpc) is 2.62. The Balaban J connectivity index is 0.00000112. The van der Waals surface area contributed by atoms with Gasteiger partial charge in [-0.3, -0.25) is 4.90 Å². The van der Waals surface area contributed by atoms with Crippen molar-refractivity contribution in [3.05, 3.63) is 20.8 Å². The van der Waals surface area contributed by atoms with Crippen LogP contribution in [0.3, 0.4) is 0 Å². The highest BCUT2D eigenvalue weighted by atomic mass is 79.9. The lowest BCUT2D eigenvalue weighted by molar-refractivity contribution is 0.322. The largest absolute Gasteiger partial charge is 0.326 e. The number of hydrogen-bond acceptors (Lipinski definition) is 3. The summed E-state index contributed by atoms with van der Waals surface area (Å²) in [6.45, 7) is 5.46. The van der Waals surface area contributed by atoms with Crippen LogP contribution in [0, 0.1) is 5.92 Å². The van der Waals surface area contributed by atoms with Gasteiger partial charge in [-0.1, -0.05) is 6.92 Å². The van der Waals surface area contributed by atoms with Gasteiger partial charge in [0.05, 0.1) is 0 Å². The molecular formula is C10H16BrClN2S. The molecule has 2 atom stereocenters. The van der Waals surface area contributed by atoms with Crippen molar-refractivity contribution in [2.45, 2.75) is 19.5 Å². The quantitative estimate of drug-likeness (QED) is 0.910. The molecule has 2 rings (SSSR count). The second-order valence-corrected chi connectivity index (χ2v) is 5.98. The van der Waals surface area contributed by atoms with E-state index in [1.807, 2.05) is 11.3 Å². The fourth-order valence-electron chi connectivity index (χ4n) is 1.88. The van der Waals surface area contributed by atoms with Gasteiger partial charge >= 0.3 is 0 Å². The summed E-state index contributed by atoms with van der Waals surface area (Å²) in [6.07, 6.45) is 0. The minimum atomic E-state index is 0. The molecule has 2 unspecified atom stereocenters. The fourth-order valence-corrected chi connectivity index (χ4v) is 3.37. The van der Waals surface area contributed by atoms with Crippen LogP contribution in [0.15, 0.2) is 15.9 Å². The van der Waals surface area contributed by atoms with Crippen LogP contribution in [0.2, 0.25) is 0 Å². The van der Waals surface area contributed by atoms with Crippen molar-refractivity contribution in [3.8, 4) is 0 Å². The van der Waals surface area contributed by atoms with E-state index >= 15 is 0 Å². The Morgan fingerprint density at radius 1 is 1.60 bits per heavy atom. The third kappa shape index (κ3) is 3.43. The molecule has 1 aromatic rings. The number of nitrogens with zero attached hydrogens (tertiary/aromatic N) is 1. The Morgan fingerprint density at radius 2 is 2.33 bits per heavy atom. The Bertz CT molecular complexity index is 308. The fraction of sp³-hybridized carbons (Fsp3) is 0.600. The van der Waals surface area contributed by atoms with Gasteiger partial charge in [0.1, 0.15) is 0 Å². The molecule has 2 nitrogen and oxygen atoms in total. The molecule has 2 N–H and O–H groups in total. The summed E-state index contributed by atoms with van der Waals surface area (Å²) < 4.78 is 1.19. The van der Waals surface area contributed by atoms with Crippen LogP contribution in [-0.4, -0.2) is 24.0 Å². The van der Waals surface area contributed by atoms with Gasteiger partial charge in [-0.25, -0.2) is 0 Å². The molecule has 1 aromatic heterocycles. The smallest absolute Gasteiger partial charge is 0.0329 e. The predicted molar refractivity (Wildman–Crippen MR) is 71.7 cm³/mol. The van der Waals surface area contributed by atoms with Crippen molar-refractivity contribution >= 4 is 39.7 Å². The second-order valence-electron chi connectivity index (χ2n) is 4.07. The Hall–Kier alpha value is 0.390. The normalized spacial score (nSPS) is 26.6. The van der Waals surface area contributed by atoms with Crippen LogP contribution in [0.4, 0.5) is 0 Å². The maximum atomic E-state index is 5.98. The lowest BCUT2D eigenvalue weighted by Crippen LogP contribution is -2.28. The highest BCUT2D eigenvalue weighted by Gasteiger charge is 2.26. The minimum Gasteiger partial charge on any atom is -0.326 e. The van der Waals surface area contributed by atoms with Gasteiger partial charge < -0.3 is 5.73 Å². The van der Waals surface area contributed by atoms with Crippen molar-refractivity contribution in [1.29, 1.82) is 0 Å². The van der Waals surface area contributed by atoms with Crippen LogP contribution in [-0.2, 0) is 6.54 Å². The lowest BCUT2D eigenvalue weighted by atomic mass is 10.1. The number of hydrogen-bond donors (Lipinski definition) is 1. The molecular weight excluding hydrogens is 296 g/mol. The molecule has 1 aliphatic rings. The molecule has 0 bridgehead atoms. The SMILES string of the molecule is CC1CN(Cc2cc(Br)cs2)CC1N.Cl. The van der Waals surface area contributed by atoms with E-state index < -0.39 is 0 Å². The van der Waals surface area contributed by atoms with Crippen molar-refractivity contribution in [1.82, 2.24) is 4.90 Å². The van der Waals surface area contributed by atoms with Crippen LogP contribution in [0.25, 0.3) is 0 Å². The highest BCUT2D eigenvalue weighted by molar-refractivity contribution is 9.10. The van der Waals surface area contributed by atoms with Gasteiger partial charge in [0.25, 0.3) is 0 Å². The molecule has 15 heavy (non-hydrogen) atoms. The van der Waals surface area contributed by atoms with Gasteiger partial charge in [-0.2, -0.15) is 0 Å². The minimum absolute atomic E-state index is 0. The number of thiophene rings is 1. The molecule has 5 heteroatoms. The predicted octanol–water partition coefficient (Wildman–Crippen LogP) is 2.71. The van der Waals surface area contributed by atoms with E-state index in [2.05, 4.69) is 39.2 Å². The molecule has 1 aliphatic heterocycles. The van der Waals surface area contributed by atoms with Crippen LogP contribution < -0.4 is 5.73 Å². The van der Waals surface area contributed by atoms with E-state index in [9.17, 15) is 0 Å². The second kappa shape index (κ2) is 5.64. The van der Waals surface area contributed by atoms with Gasteiger partial charge in [0.2, 0.25) is 0 Å². The first-order valence-corrected chi connectivity index (χ1v) is 6.53. The molecule has 0 saturated carbocycles. The van der Waals surface area contributed by atoms with Crippen LogP contribution in [0.5, 0.6) is 0 Å². The van der Waals surface area contributed by atoms with Gasteiger partial charge in [-0.15, -0.1) is 23.7 Å². The van der Waals surface area contributed by atoms with E-state index in [1.165, 1.54) is 9.35 Å². The Morgan fingerprint density at radius 3 is 2.80 bits per heavy atom. The van der Waals surface area contributed by atoms with E-state index in [4.69, 9.17) is 5.73 Å². The summed E-state index contributed by atoms with van der Waals surface area (Å²) in [5.74, 6) is 0.637.